The number of rotatable bonds is 5. The van der Waals surface area contributed by atoms with E-state index in [0.717, 1.165) is 17.0 Å². The molecule has 0 saturated carbocycles. The van der Waals surface area contributed by atoms with E-state index in [4.69, 9.17) is 4.74 Å². The summed E-state index contributed by atoms with van der Waals surface area (Å²) in [6, 6.07) is 7.69. The third kappa shape index (κ3) is 4.06. The predicted molar refractivity (Wildman–Crippen MR) is 80.4 cm³/mol. The maximum Gasteiger partial charge on any atom is 0.176 e. The van der Waals surface area contributed by atoms with Crippen molar-refractivity contribution in [3.05, 3.63) is 29.8 Å². The van der Waals surface area contributed by atoms with Gasteiger partial charge in [-0.05, 0) is 25.3 Å². The van der Waals surface area contributed by atoms with Crippen LogP contribution in [-0.4, -0.2) is 60.5 Å². The fourth-order valence-electron chi connectivity index (χ4n) is 2.44. The van der Waals surface area contributed by atoms with Crippen LogP contribution in [0.15, 0.2) is 29.2 Å². The molecule has 1 aliphatic rings. The van der Waals surface area contributed by atoms with Crippen molar-refractivity contribution in [3.63, 3.8) is 0 Å². The van der Waals surface area contributed by atoms with E-state index in [2.05, 4.69) is 4.90 Å². The molecule has 20 heavy (non-hydrogen) atoms. The summed E-state index contributed by atoms with van der Waals surface area (Å²) in [5.41, 5.74) is 0.738. The van der Waals surface area contributed by atoms with Crippen molar-refractivity contribution in [3.8, 4) is 0 Å². The molecular formula is C15H21NO3S. The first-order valence-corrected chi connectivity index (χ1v) is 8.00. The molecule has 1 heterocycles. The van der Waals surface area contributed by atoms with Gasteiger partial charge in [-0.1, -0.05) is 12.1 Å². The van der Waals surface area contributed by atoms with Gasteiger partial charge in [0.15, 0.2) is 5.78 Å². The summed E-state index contributed by atoms with van der Waals surface area (Å²) in [4.78, 5) is 15.5. The molecule has 0 bridgehead atoms. The number of benzene rings is 1. The Bertz CT molecular complexity index is 449. The van der Waals surface area contributed by atoms with Crippen molar-refractivity contribution in [2.24, 2.45) is 0 Å². The molecule has 0 radical (unpaired) electrons. The molecule has 110 valence electrons. The zero-order valence-electron chi connectivity index (χ0n) is 11.9. The maximum absolute atomic E-state index is 12.3. The first kappa shape index (κ1) is 15.5. The summed E-state index contributed by atoms with van der Waals surface area (Å²) in [7, 11) is 0. The second-order valence-corrected chi connectivity index (χ2v) is 5.98. The molecule has 0 amide bonds. The lowest BCUT2D eigenvalue weighted by molar-refractivity contribution is -0.0926. The average Bonchev–Trinajstić information content (AvgIpc) is 2.46. The first-order valence-electron chi connectivity index (χ1n) is 6.78. The molecule has 1 aromatic carbocycles. The molecule has 0 aliphatic carbocycles. The predicted octanol–water partition coefficient (Wildman–Crippen LogP) is 1.67. The Hall–Kier alpha value is -0.880. The molecule has 1 aliphatic heterocycles. The van der Waals surface area contributed by atoms with Gasteiger partial charge in [-0.15, -0.1) is 11.8 Å². The van der Waals surface area contributed by atoms with Crippen LogP contribution in [0.3, 0.4) is 0 Å². The number of carbonyl (C=O) groups is 1. The van der Waals surface area contributed by atoms with E-state index >= 15 is 0 Å². The van der Waals surface area contributed by atoms with Gasteiger partial charge in [-0.3, -0.25) is 9.69 Å². The quantitative estimate of drug-likeness (QED) is 0.661. The molecule has 1 N–H and O–H groups in total. The van der Waals surface area contributed by atoms with Crippen LogP contribution >= 0.6 is 11.8 Å². The minimum atomic E-state index is -0.189. The van der Waals surface area contributed by atoms with Crippen LogP contribution in [0.25, 0.3) is 0 Å². The van der Waals surface area contributed by atoms with E-state index in [1.807, 2.05) is 37.4 Å². The van der Waals surface area contributed by atoms with Gasteiger partial charge >= 0.3 is 0 Å². The zero-order valence-corrected chi connectivity index (χ0v) is 12.7. The first-order chi connectivity index (χ1) is 9.62. The number of nitrogens with zero attached hydrogens (tertiary/aromatic N) is 1. The third-order valence-corrected chi connectivity index (χ3v) is 4.13. The van der Waals surface area contributed by atoms with Gasteiger partial charge in [0.25, 0.3) is 0 Å². The number of carbonyl (C=O) groups excluding carboxylic acids is 1. The van der Waals surface area contributed by atoms with E-state index in [9.17, 15) is 9.90 Å². The van der Waals surface area contributed by atoms with Gasteiger partial charge in [0.2, 0.25) is 0 Å². The topological polar surface area (TPSA) is 49.8 Å². The normalized spacial score (nSPS) is 23.8. The Balaban J connectivity index is 1.96. The van der Waals surface area contributed by atoms with Crippen molar-refractivity contribution in [2.75, 3.05) is 32.5 Å². The van der Waals surface area contributed by atoms with Gasteiger partial charge < -0.3 is 9.84 Å². The molecule has 4 nitrogen and oxygen atoms in total. The standard InChI is InChI=1S/C15H21NO3S/c1-11-7-16(8-13(10-17)19-11)9-15(18)12-3-5-14(20-2)6-4-12/h3-6,11,13,17H,7-10H2,1-2H3. The molecule has 1 saturated heterocycles. The van der Waals surface area contributed by atoms with E-state index < -0.39 is 0 Å². The number of ether oxygens (including phenoxy) is 1. The van der Waals surface area contributed by atoms with Crippen LogP contribution in [0.2, 0.25) is 0 Å². The van der Waals surface area contributed by atoms with Crippen LogP contribution in [0.5, 0.6) is 0 Å². The van der Waals surface area contributed by atoms with Crippen molar-refractivity contribution >= 4 is 17.5 Å². The number of Topliss-reactive ketones (excluding diaryl/α,β-unsaturated/α-hetero) is 1. The van der Waals surface area contributed by atoms with E-state index in [1.54, 1.807) is 11.8 Å². The lowest BCUT2D eigenvalue weighted by atomic mass is 10.1. The second-order valence-electron chi connectivity index (χ2n) is 5.10. The van der Waals surface area contributed by atoms with Crippen LogP contribution in [0, 0.1) is 0 Å². The summed E-state index contributed by atoms with van der Waals surface area (Å²) in [5.74, 6) is 0.114. The SMILES string of the molecule is CSc1ccc(C(=O)CN2CC(C)OC(CO)C2)cc1. The molecule has 2 rings (SSSR count). The van der Waals surface area contributed by atoms with Crippen LogP contribution in [-0.2, 0) is 4.74 Å². The van der Waals surface area contributed by atoms with Crippen molar-refractivity contribution in [1.29, 1.82) is 0 Å². The highest BCUT2D eigenvalue weighted by Gasteiger charge is 2.26. The molecule has 1 aromatic rings. The lowest BCUT2D eigenvalue weighted by Gasteiger charge is -2.35. The number of aliphatic hydroxyl groups is 1. The third-order valence-electron chi connectivity index (χ3n) is 3.38. The van der Waals surface area contributed by atoms with Gasteiger partial charge in [0.05, 0.1) is 25.4 Å². The summed E-state index contributed by atoms with van der Waals surface area (Å²) < 4.78 is 5.58. The van der Waals surface area contributed by atoms with Crippen molar-refractivity contribution in [2.45, 2.75) is 24.0 Å². The molecule has 5 heteroatoms. The number of ketones is 1. The molecule has 0 aromatic heterocycles. The summed E-state index contributed by atoms with van der Waals surface area (Å²) >= 11 is 1.66. The summed E-state index contributed by atoms with van der Waals surface area (Å²) in [5, 5.41) is 9.20. The zero-order chi connectivity index (χ0) is 14.5. The van der Waals surface area contributed by atoms with Gasteiger partial charge in [-0.25, -0.2) is 0 Å². The van der Waals surface area contributed by atoms with Gasteiger partial charge in [0.1, 0.15) is 0 Å². The average molecular weight is 295 g/mol. The highest BCUT2D eigenvalue weighted by atomic mass is 32.2. The fourth-order valence-corrected chi connectivity index (χ4v) is 2.85. The van der Waals surface area contributed by atoms with Crippen molar-refractivity contribution < 1.29 is 14.6 Å². The molecular weight excluding hydrogens is 274 g/mol. The minimum Gasteiger partial charge on any atom is -0.394 e. The van der Waals surface area contributed by atoms with Gasteiger partial charge in [-0.2, -0.15) is 0 Å². The van der Waals surface area contributed by atoms with Gasteiger partial charge in [0, 0.05) is 23.5 Å². The number of hydrogen-bond acceptors (Lipinski definition) is 5. The van der Waals surface area contributed by atoms with Crippen LogP contribution in [0.1, 0.15) is 17.3 Å². The van der Waals surface area contributed by atoms with E-state index in [-0.39, 0.29) is 24.6 Å². The Kier molecular flexibility index (Phi) is 5.60. The monoisotopic (exact) mass is 295 g/mol. The molecule has 1 fully saturated rings. The number of aliphatic hydroxyl groups excluding tert-OH is 1. The second kappa shape index (κ2) is 7.22. The van der Waals surface area contributed by atoms with E-state index in [1.165, 1.54) is 0 Å². The smallest absolute Gasteiger partial charge is 0.176 e. The van der Waals surface area contributed by atoms with Crippen LogP contribution in [0.4, 0.5) is 0 Å². The Morgan fingerprint density at radius 3 is 2.70 bits per heavy atom. The highest BCUT2D eigenvalue weighted by molar-refractivity contribution is 7.98. The summed E-state index contributed by atoms with van der Waals surface area (Å²) in [6.45, 7) is 3.67. The number of hydrogen-bond donors (Lipinski definition) is 1. The maximum atomic E-state index is 12.3. The number of thioether (sulfide) groups is 1. The Labute approximate surface area is 124 Å². The molecule has 0 spiro atoms. The Morgan fingerprint density at radius 2 is 2.10 bits per heavy atom. The highest BCUT2D eigenvalue weighted by Crippen LogP contribution is 2.16. The van der Waals surface area contributed by atoms with Crippen molar-refractivity contribution in [1.82, 2.24) is 4.90 Å². The molecule has 2 unspecified atom stereocenters. The Morgan fingerprint density at radius 1 is 1.40 bits per heavy atom. The lowest BCUT2D eigenvalue weighted by Crippen LogP contribution is -2.49. The van der Waals surface area contributed by atoms with Crippen LogP contribution < -0.4 is 0 Å². The minimum absolute atomic E-state index is 0.00253. The summed E-state index contributed by atoms with van der Waals surface area (Å²) in [6.07, 6.45) is 1.87. The van der Waals surface area contributed by atoms with E-state index in [0.29, 0.717) is 13.1 Å². The fraction of sp³-hybridized carbons (Fsp3) is 0.533. The molecule has 2 atom stereocenters. The largest absolute Gasteiger partial charge is 0.394 e. The number of morpholine rings is 1.